The number of benzene rings is 3. The number of rotatable bonds is 8. The lowest BCUT2D eigenvalue weighted by Gasteiger charge is -2.13. The summed E-state index contributed by atoms with van der Waals surface area (Å²) in [4.78, 5) is 36.5. The van der Waals surface area contributed by atoms with E-state index in [4.69, 9.17) is 13.9 Å². The second-order valence-corrected chi connectivity index (χ2v) is 7.51. The van der Waals surface area contributed by atoms with Gasteiger partial charge in [0.25, 0.3) is 0 Å². The number of carbonyl (C=O) groups is 2. The molecule has 1 aromatic heterocycles. The van der Waals surface area contributed by atoms with Crippen molar-refractivity contribution >= 4 is 22.7 Å². The van der Waals surface area contributed by atoms with Crippen molar-refractivity contribution < 1.29 is 23.5 Å². The molecular formula is C27H22O6. The van der Waals surface area contributed by atoms with E-state index in [1.807, 2.05) is 18.2 Å². The maximum atomic E-state index is 12.7. The van der Waals surface area contributed by atoms with E-state index < -0.39 is 17.5 Å². The van der Waals surface area contributed by atoms with Crippen molar-refractivity contribution in [1.29, 1.82) is 0 Å². The molecule has 1 atom stereocenters. The predicted octanol–water partition coefficient (Wildman–Crippen LogP) is 4.75. The lowest BCUT2D eigenvalue weighted by molar-refractivity contribution is -0.145. The van der Waals surface area contributed by atoms with Crippen LogP contribution in [0.2, 0.25) is 0 Å². The molecule has 0 aliphatic carbocycles. The molecule has 166 valence electrons. The van der Waals surface area contributed by atoms with Crippen molar-refractivity contribution in [2.75, 3.05) is 13.2 Å². The number of hydrogen-bond donors (Lipinski definition) is 0. The van der Waals surface area contributed by atoms with Gasteiger partial charge in [0.2, 0.25) is 0 Å². The Bertz CT molecular complexity index is 1340. The molecule has 0 radical (unpaired) electrons. The number of fused-ring (bicyclic) bond motifs is 1. The number of ketones is 1. The zero-order valence-corrected chi connectivity index (χ0v) is 18.0. The quantitative estimate of drug-likeness (QED) is 0.170. The first-order valence-electron chi connectivity index (χ1n) is 10.5. The van der Waals surface area contributed by atoms with Crippen LogP contribution in [0.4, 0.5) is 0 Å². The van der Waals surface area contributed by atoms with Crippen LogP contribution in [-0.2, 0) is 9.53 Å². The number of carbonyl (C=O) groups excluding carboxylic acids is 2. The van der Waals surface area contributed by atoms with Gasteiger partial charge < -0.3 is 13.9 Å². The molecule has 1 heterocycles. The van der Waals surface area contributed by atoms with Crippen LogP contribution in [0.15, 0.2) is 94.1 Å². The molecule has 0 amide bonds. The van der Waals surface area contributed by atoms with Crippen LogP contribution in [0.1, 0.15) is 34.3 Å². The average Bonchev–Trinajstić information content (AvgIpc) is 2.86. The Hall–Kier alpha value is -4.19. The van der Waals surface area contributed by atoms with Gasteiger partial charge in [0.1, 0.15) is 24.5 Å². The first-order valence-corrected chi connectivity index (χ1v) is 10.5. The van der Waals surface area contributed by atoms with E-state index in [-0.39, 0.29) is 19.0 Å². The van der Waals surface area contributed by atoms with Gasteiger partial charge in [-0.05, 0) is 36.8 Å². The topological polar surface area (TPSA) is 82.8 Å². The minimum Gasteiger partial charge on any atom is -0.490 e. The van der Waals surface area contributed by atoms with Crippen molar-refractivity contribution in [3.8, 4) is 5.75 Å². The molecule has 0 fully saturated rings. The third-order valence-electron chi connectivity index (χ3n) is 5.23. The fourth-order valence-electron chi connectivity index (χ4n) is 3.40. The minimum absolute atomic E-state index is 0.0581. The summed E-state index contributed by atoms with van der Waals surface area (Å²) >= 11 is 0. The van der Waals surface area contributed by atoms with Gasteiger partial charge in [0.15, 0.2) is 5.78 Å². The van der Waals surface area contributed by atoms with Gasteiger partial charge in [-0.15, -0.1) is 0 Å². The lowest BCUT2D eigenvalue weighted by Crippen LogP contribution is -2.17. The molecule has 33 heavy (non-hydrogen) atoms. The van der Waals surface area contributed by atoms with Crippen LogP contribution in [-0.4, -0.2) is 25.0 Å². The summed E-state index contributed by atoms with van der Waals surface area (Å²) in [5.74, 6) is -0.540. The molecule has 0 saturated carbocycles. The lowest BCUT2D eigenvalue weighted by atomic mass is 9.96. The van der Waals surface area contributed by atoms with Gasteiger partial charge >= 0.3 is 11.6 Å². The molecule has 0 aliphatic rings. The first kappa shape index (κ1) is 22.0. The normalized spacial score (nSPS) is 11.7. The number of ether oxygens (including phenoxy) is 2. The van der Waals surface area contributed by atoms with Crippen molar-refractivity contribution in [3.63, 3.8) is 0 Å². The predicted molar refractivity (Wildman–Crippen MR) is 124 cm³/mol. The van der Waals surface area contributed by atoms with Gasteiger partial charge in [0.05, 0.1) is 5.92 Å². The summed E-state index contributed by atoms with van der Waals surface area (Å²) in [5.41, 5.74) is 1.81. The van der Waals surface area contributed by atoms with E-state index in [0.717, 1.165) is 5.39 Å². The third kappa shape index (κ3) is 5.36. The Labute approximate surface area is 190 Å². The highest BCUT2D eigenvalue weighted by Crippen LogP contribution is 2.21. The zero-order valence-electron chi connectivity index (χ0n) is 18.0. The van der Waals surface area contributed by atoms with Crippen LogP contribution in [0.25, 0.3) is 11.0 Å². The van der Waals surface area contributed by atoms with Gasteiger partial charge in [-0.3, -0.25) is 9.59 Å². The standard InChI is InChI=1S/C27H22O6/c1-18(21-8-5-9-22(16-21)26(29)20-6-3-2-4-7-20)27(30)32-15-14-31-23-12-10-19-11-13-25(28)33-24(19)17-23/h2-13,16-18H,14-15H2,1H3. The Morgan fingerprint density at radius 3 is 2.42 bits per heavy atom. The van der Waals surface area contributed by atoms with Gasteiger partial charge in [-0.1, -0.05) is 48.5 Å². The van der Waals surface area contributed by atoms with Crippen molar-refractivity contribution in [2.24, 2.45) is 0 Å². The monoisotopic (exact) mass is 442 g/mol. The van der Waals surface area contributed by atoms with Gasteiger partial charge in [-0.2, -0.15) is 0 Å². The molecule has 1 unspecified atom stereocenters. The van der Waals surface area contributed by atoms with Gasteiger partial charge in [-0.25, -0.2) is 4.79 Å². The smallest absolute Gasteiger partial charge is 0.336 e. The second-order valence-electron chi connectivity index (χ2n) is 7.51. The third-order valence-corrected chi connectivity index (χ3v) is 5.23. The van der Waals surface area contributed by atoms with E-state index in [0.29, 0.717) is 28.0 Å². The summed E-state index contributed by atoms with van der Waals surface area (Å²) in [7, 11) is 0. The highest BCUT2D eigenvalue weighted by atomic mass is 16.6. The number of hydrogen-bond acceptors (Lipinski definition) is 6. The maximum Gasteiger partial charge on any atom is 0.336 e. The molecule has 0 aliphatic heterocycles. The molecule has 0 N–H and O–H groups in total. The minimum atomic E-state index is -0.538. The molecular weight excluding hydrogens is 420 g/mol. The second kappa shape index (κ2) is 9.96. The van der Waals surface area contributed by atoms with Crippen LogP contribution in [0.5, 0.6) is 5.75 Å². The Morgan fingerprint density at radius 2 is 1.61 bits per heavy atom. The largest absolute Gasteiger partial charge is 0.490 e. The molecule has 0 saturated heterocycles. The Balaban J connectivity index is 1.32. The van der Waals surface area contributed by atoms with Crippen molar-refractivity contribution in [3.05, 3.63) is 112 Å². The van der Waals surface area contributed by atoms with E-state index in [2.05, 4.69) is 0 Å². The molecule has 6 heteroatoms. The maximum absolute atomic E-state index is 12.7. The molecule has 4 rings (SSSR count). The van der Waals surface area contributed by atoms with Crippen LogP contribution in [0, 0.1) is 0 Å². The van der Waals surface area contributed by atoms with E-state index >= 15 is 0 Å². The summed E-state index contributed by atoms with van der Waals surface area (Å²) < 4.78 is 16.1. The van der Waals surface area contributed by atoms with E-state index in [1.165, 1.54) is 6.07 Å². The fourth-order valence-corrected chi connectivity index (χ4v) is 3.40. The van der Waals surface area contributed by atoms with E-state index in [9.17, 15) is 14.4 Å². The zero-order chi connectivity index (χ0) is 23.2. The fraction of sp³-hybridized carbons (Fsp3) is 0.148. The van der Waals surface area contributed by atoms with Gasteiger partial charge in [0, 0.05) is 28.6 Å². The highest BCUT2D eigenvalue weighted by molar-refractivity contribution is 6.09. The van der Waals surface area contributed by atoms with Crippen LogP contribution >= 0.6 is 0 Å². The Kier molecular flexibility index (Phi) is 6.64. The SMILES string of the molecule is CC(C(=O)OCCOc1ccc2ccc(=O)oc2c1)c1cccc(C(=O)c2ccccc2)c1. The summed E-state index contributed by atoms with van der Waals surface area (Å²) in [6.45, 7) is 1.94. The van der Waals surface area contributed by atoms with Crippen LogP contribution in [0.3, 0.4) is 0 Å². The first-order chi connectivity index (χ1) is 16.0. The molecule has 6 nitrogen and oxygen atoms in total. The van der Waals surface area contributed by atoms with E-state index in [1.54, 1.807) is 67.6 Å². The van der Waals surface area contributed by atoms with Crippen molar-refractivity contribution in [2.45, 2.75) is 12.8 Å². The molecule has 3 aromatic carbocycles. The molecule has 0 bridgehead atoms. The summed E-state index contributed by atoms with van der Waals surface area (Å²) in [6.07, 6.45) is 0. The Morgan fingerprint density at radius 1 is 0.848 bits per heavy atom. The molecule has 0 spiro atoms. The molecule has 4 aromatic rings. The summed E-state index contributed by atoms with van der Waals surface area (Å²) in [5, 5.41) is 0.787. The number of esters is 1. The van der Waals surface area contributed by atoms with Crippen molar-refractivity contribution in [1.82, 2.24) is 0 Å². The average molecular weight is 442 g/mol. The van der Waals surface area contributed by atoms with Crippen LogP contribution < -0.4 is 10.4 Å². The highest BCUT2D eigenvalue weighted by Gasteiger charge is 2.18. The summed E-state index contributed by atoms with van der Waals surface area (Å²) in [6, 6.07) is 24.2.